The highest BCUT2D eigenvalue weighted by Crippen LogP contribution is 2.30. The van der Waals surface area contributed by atoms with E-state index in [0.29, 0.717) is 5.82 Å². The third-order valence-corrected chi connectivity index (χ3v) is 4.53. The molecule has 2 N–H and O–H groups in total. The molecule has 112 valence electrons. The second kappa shape index (κ2) is 5.02. The molecule has 0 aromatic carbocycles. The van der Waals surface area contributed by atoms with Crippen LogP contribution in [0.15, 0.2) is 6.33 Å². The molecule has 6 heteroatoms. The Morgan fingerprint density at radius 2 is 1.95 bits per heavy atom. The van der Waals surface area contributed by atoms with Crippen LogP contribution in [0.5, 0.6) is 0 Å². The monoisotopic (exact) mass is 287 g/mol. The van der Waals surface area contributed by atoms with Gasteiger partial charge in [-0.2, -0.15) is 0 Å². The molecule has 2 aromatic heterocycles. The summed E-state index contributed by atoms with van der Waals surface area (Å²) in [5, 5.41) is 0.857. The molecule has 0 bridgehead atoms. The highest BCUT2D eigenvalue weighted by Gasteiger charge is 2.28. The van der Waals surface area contributed by atoms with E-state index in [0.717, 1.165) is 48.2 Å². The van der Waals surface area contributed by atoms with Crippen molar-refractivity contribution in [2.45, 2.75) is 39.7 Å². The largest absolute Gasteiger partial charge is 0.383 e. The van der Waals surface area contributed by atoms with Gasteiger partial charge in [-0.25, -0.2) is 9.97 Å². The van der Waals surface area contributed by atoms with Gasteiger partial charge in [0.15, 0.2) is 0 Å². The van der Waals surface area contributed by atoms with Gasteiger partial charge in [-0.3, -0.25) is 4.79 Å². The number of nitrogens with two attached hydrogens (primary N) is 1. The molecule has 21 heavy (non-hydrogen) atoms. The first-order valence-electron chi connectivity index (χ1n) is 7.38. The Morgan fingerprint density at radius 1 is 1.29 bits per heavy atom. The predicted molar refractivity (Wildman–Crippen MR) is 81.9 cm³/mol. The fourth-order valence-electron chi connectivity index (χ4n) is 3.24. The molecule has 1 aliphatic rings. The van der Waals surface area contributed by atoms with Crippen LogP contribution < -0.4 is 5.73 Å². The standard InChI is InChI=1S/C15H21N5O/c1-9-10(2)20(14-12(9)13(16)17-8-18-14)11(3)15(21)19-6-4-5-7-19/h8,11H,4-7H2,1-3H3,(H2,16,17,18). The summed E-state index contributed by atoms with van der Waals surface area (Å²) in [5.74, 6) is 0.629. The van der Waals surface area contributed by atoms with Crippen molar-refractivity contribution in [1.82, 2.24) is 19.4 Å². The Bertz CT molecular complexity index is 700. The topological polar surface area (TPSA) is 77.0 Å². The molecule has 3 heterocycles. The van der Waals surface area contributed by atoms with E-state index in [2.05, 4.69) is 9.97 Å². The van der Waals surface area contributed by atoms with Gasteiger partial charge in [0.05, 0.1) is 5.39 Å². The Labute approximate surface area is 124 Å². The minimum Gasteiger partial charge on any atom is -0.383 e. The Hall–Kier alpha value is -2.11. The van der Waals surface area contributed by atoms with Crippen LogP contribution in [-0.2, 0) is 4.79 Å². The molecule has 2 aromatic rings. The van der Waals surface area contributed by atoms with Crippen LogP contribution in [0.3, 0.4) is 0 Å². The van der Waals surface area contributed by atoms with Crippen LogP contribution in [0.2, 0.25) is 0 Å². The van der Waals surface area contributed by atoms with Gasteiger partial charge < -0.3 is 15.2 Å². The molecular formula is C15H21N5O. The molecule has 0 aliphatic carbocycles. The number of rotatable bonds is 2. The average molecular weight is 287 g/mol. The highest BCUT2D eigenvalue weighted by molar-refractivity contribution is 5.92. The van der Waals surface area contributed by atoms with Crippen LogP contribution in [0.25, 0.3) is 11.0 Å². The van der Waals surface area contributed by atoms with E-state index < -0.39 is 0 Å². The SMILES string of the molecule is Cc1c(C)n(C(C)C(=O)N2CCCC2)c2ncnc(N)c12. The number of aryl methyl sites for hydroxylation is 1. The number of carbonyl (C=O) groups is 1. The van der Waals surface area contributed by atoms with E-state index in [1.54, 1.807) is 0 Å². The van der Waals surface area contributed by atoms with Crippen molar-refractivity contribution in [3.8, 4) is 0 Å². The number of carbonyl (C=O) groups excluding carboxylic acids is 1. The quantitative estimate of drug-likeness (QED) is 0.914. The molecule has 1 unspecified atom stereocenters. The number of hydrogen-bond acceptors (Lipinski definition) is 4. The molecule has 6 nitrogen and oxygen atoms in total. The smallest absolute Gasteiger partial charge is 0.245 e. The van der Waals surface area contributed by atoms with E-state index >= 15 is 0 Å². The normalized spacial score (nSPS) is 16.6. The first-order chi connectivity index (χ1) is 10.0. The van der Waals surface area contributed by atoms with E-state index in [4.69, 9.17) is 5.73 Å². The molecule has 1 aliphatic heterocycles. The molecule has 0 spiro atoms. The van der Waals surface area contributed by atoms with Crippen LogP contribution in [0, 0.1) is 13.8 Å². The van der Waals surface area contributed by atoms with Crippen molar-refractivity contribution < 1.29 is 4.79 Å². The number of anilines is 1. The average Bonchev–Trinajstić information content (AvgIpc) is 3.07. The van der Waals surface area contributed by atoms with Crippen molar-refractivity contribution in [3.63, 3.8) is 0 Å². The predicted octanol–water partition coefficient (Wildman–Crippen LogP) is 1.81. The fraction of sp³-hybridized carbons (Fsp3) is 0.533. The lowest BCUT2D eigenvalue weighted by Gasteiger charge is -2.23. The summed E-state index contributed by atoms with van der Waals surface area (Å²) in [4.78, 5) is 23.0. The third-order valence-electron chi connectivity index (χ3n) is 4.53. The molecule has 1 saturated heterocycles. The number of amides is 1. The molecule has 1 atom stereocenters. The van der Waals surface area contributed by atoms with E-state index in [1.165, 1.54) is 6.33 Å². The summed E-state index contributed by atoms with van der Waals surface area (Å²) in [6.45, 7) is 7.66. The third kappa shape index (κ3) is 2.05. The lowest BCUT2D eigenvalue weighted by molar-refractivity contribution is -0.133. The zero-order chi connectivity index (χ0) is 15.1. The van der Waals surface area contributed by atoms with E-state index in [9.17, 15) is 4.79 Å². The van der Waals surface area contributed by atoms with Gasteiger partial charge in [0.2, 0.25) is 5.91 Å². The van der Waals surface area contributed by atoms with Crippen molar-refractivity contribution in [1.29, 1.82) is 0 Å². The summed E-state index contributed by atoms with van der Waals surface area (Å²) in [7, 11) is 0. The van der Waals surface area contributed by atoms with Gasteiger partial charge in [0.25, 0.3) is 0 Å². The molecular weight excluding hydrogens is 266 g/mol. The van der Waals surface area contributed by atoms with Crippen molar-refractivity contribution >= 4 is 22.8 Å². The lowest BCUT2D eigenvalue weighted by atomic mass is 10.2. The zero-order valence-electron chi connectivity index (χ0n) is 12.8. The number of nitrogen functional groups attached to an aromatic ring is 1. The minimum absolute atomic E-state index is 0.157. The Kier molecular flexibility index (Phi) is 3.31. The summed E-state index contributed by atoms with van der Waals surface area (Å²) in [6.07, 6.45) is 3.65. The van der Waals surface area contributed by atoms with Gasteiger partial charge in [0.1, 0.15) is 23.8 Å². The summed E-state index contributed by atoms with van der Waals surface area (Å²) in [6, 6.07) is -0.270. The molecule has 3 rings (SSSR count). The summed E-state index contributed by atoms with van der Waals surface area (Å²) >= 11 is 0. The number of aromatic nitrogens is 3. The number of likely N-dealkylation sites (tertiary alicyclic amines) is 1. The molecule has 1 fully saturated rings. The van der Waals surface area contributed by atoms with Crippen LogP contribution in [-0.4, -0.2) is 38.4 Å². The van der Waals surface area contributed by atoms with Crippen LogP contribution >= 0.6 is 0 Å². The van der Waals surface area contributed by atoms with Crippen molar-refractivity contribution in [2.24, 2.45) is 0 Å². The first kappa shape index (κ1) is 13.9. The number of nitrogens with zero attached hydrogens (tertiary/aromatic N) is 4. The Balaban J connectivity index is 2.09. The zero-order valence-corrected chi connectivity index (χ0v) is 12.8. The second-order valence-electron chi connectivity index (χ2n) is 5.75. The van der Waals surface area contributed by atoms with Gasteiger partial charge in [-0.05, 0) is 39.2 Å². The van der Waals surface area contributed by atoms with Crippen LogP contribution in [0.1, 0.15) is 37.1 Å². The molecule has 0 radical (unpaired) electrons. The van der Waals surface area contributed by atoms with Crippen molar-refractivity contribution in [2.75, 3.05) is 18.8 Å². The second-order valence-corrected chi connectivity index (χ2v) is 5.75. The van der Waals surface area contributed by atoms with Gasteiger partial charge in [0, 0.05) is 18.8 Å². The van der Waals surface area contributed by atoms with E-state index in [1.807, 2.05) is 30.2 Å². The summed E-state index contributed by atoms with van der Waals surface area (Å²) in [5.41, 5.74) is 8.80. The fourth-order valence-corrected chi connectivity index (χ4v) is 3.24. The van der Waals surface area contributed by atoms with Gasteiger partial charge in [-0.15, -0.1) is 0 Å². The summed E-state index contributed by atoms with van der Waals surface area (Å²) < 4.78 is 1.99. The molecule has 1 amide bonds. The molecule has 0 saturated carbocycles. The lowest BCUT2D eigenvalue weighted by Crippen LogP contribution is -2.34. The minimum atomic E-state index is -0.270. The van der Waals surface area contributed by atoms with Gasteiger partial charge >= 0.3 is 0 Å². The Morgan fingerprint density at radius 3 is 2.62 bits per heavy atom. The first-order valence-corrected chi connectivity index (χ1v) is 7.38. The number of fused-ring (bicyclic) bond motifs is 1. The van der Waals surface area contributed by atoms with E-state index in [-0.39, 0.29) is 11.9 Å². The van der Waals surface area contributed by atoms with Gasteiger partial charge in [-0.1, -0.05) is 0 Å². The maximum absolute atomic E-state index is 12.7. The van der Waals surface area contributed by atoms with Crippen LogP contribution in [0.4, 0.5) is 5.82 Å². The highest BCUT2D eigenvalue weighted by atomic mass is 16.2. The van der Waals surface area contributed by atoms with Crippen molar-refractivity contribution in [3.05, 3.63) is 17.6 Å². The maximum Gasteiger partial charge on any atom is 0.245 e. The number of hydrogen-bond donors (Lipinski definition) is 1. The maximum atomic E-state index is 12.7.